The second-order valence-corrected chi connectivity index (χ2v) is 8.51. The number of benzene rings is 2. The molecule has 5 rings (SSSR count). The van der Waals surface area contributed by atoms with E-state index >= 15 is 0 Å². The van der Waals surface area contributed by atoms with Gasteiger partial charge in [-0.05, 0) is 55.6 Å². The molecular formula is C24H24ClN7O. The van der Waals surface area contributed by atoms with Crippen LogP contribution in [-0.2, 0) is 0 Å². The predicted molar refractivity (Wildman–Crippen MR) is 132 cm³/mol. The predicted octanol–water partition coefficient (Wildman–Crippen LogP) is 3.77. The van der Waals surface area contributed by atoms with Gasteiger partial charge in [0.2, 0.25) is 0 Å². The van der Waals surface area contributed by atoms with Gasteiger partial charge in [-0.2, -0.15) is 5.10 Å². The van der Waals surface area contributed by atoms with Crippen molar-refractivity contribution < 1.29 is 0 Å². The zero-order valence-corrected chi connectivity index (χ0v) is 19.0. The topological polar surface area (TPSA) is 82.1 Å². The van der Waals surface area contributed by atoms with Crippen LogP contribution in [0.25, 0.3) is 17.1 Å². The van der Waals surface area contributed by atoms with Crippen molar-refractivity contribution in [3.63, 3.8) is 0 Å². The lowest BCUT2D eigenvalue weighted by Gasteiger charge is -2.34. The molecule has 2 aromatic carbocycles. The molecule has 0 saturated carbocycles. The highest BCUT2D eigenvalue weighted by Crippen LogP contribution is 2.28. The third kappa shape index (κ3) is 4.62. The third-order valence-electron chi connectivity index (χ3n) is 5.83. The quantitative estimate of drug-likeness (QED) is 0.471. The minimum Gasteiger partial charge on any atom is -0.369 e. The molecule has 2 aromatic heterocycles. The number of hydrogen-bond donors (Lipinski definition) is 2. The summed E-state index contributed by atoms with van der Waals surface area (Å²) in [5.74, 6) is 0.495. The van der Waals surface area contributed by atoms with E-state index in [1.807, 2.05) is 12.1 Å². The molecule has 1 aliphatic heterocycles. The van der Waals surface area contributed by atoms with Gasteiger partial charge in [-0.25, -0.2) is 4.98 Å². The van der Waals surface area contributed by atoms with Crippen molar-refractivity contribution in [3.05, 3.63) is 82.5 Å². The maximum atomic E-state index is 13.0. The Kier molecular flexibility index (Phi) is 5.85. The Morgan fingerprint density at radius 1 is 0.970 bits per heavy atom. The molecule has 4 aromatic rings. The first kappa shape index (κ1) is 21.2. The number of halogens is 1. The molecule has 0 amide bonds. The highest BCUT2D eigenvalue weighted by Gasteiger charge is 2.16. The normalized spacial score (nSPS) is 14.4. The Bertz CT molecular complexity index is 1280. The molecule has 1 aliphatic rings. The smallest absolute Gasteiger partial charge is 0.257 e. The molecule has 0 aliphatic carbocycles. The first-order valence-electron chi connectivity index (χ1n) is 10.8. The number of rotatable bonds is 5. The number of likely N-dealkylation sites (N-methyl/N-ethyl adjacent to an activating group) is 1. The highest BCUT2D eigenvalue weighted by molar-refractivity contribution is 6.30. The van der Waals surface area contributed by atoms with Gasteiger partial charge in [0, 0.05) is 60.5 Å². The molecular weight excluding hydrogens is 438 g/mol. The molecule has 1 fully saturated rings. The molecule has 9 heteroatoms. The summed E-state index contributed by atoms with van der Waals surface area (Å²) in [5, 5.41) is 11.0. The van der Waals surface area contributed by atoms with Gasteiger partial charge < -0.3 is 15.1 Å². The van der Waals surface area contributed by atoms with Crippen molar-refractivity contribution in [3.8, 4) is 17.1 Å². The largest absolute Gasteiger partial charge is 0.369 e. The summed E-state index contributed by atoms with van der Waals surface area (Å²) in [4.78, 5) is 22.0. The number of pyridine rings is 1. The van der Waals surface area contributed by atoms with E-state index in [9.17, 15) is 4.79 Å². The molecule has 33 heavy (non-hydrogen) atoms. The van der Waals surface area contributed by atoms with E-state index in [4.69, 9.17) is 11.6 Å². The molecule has 1 saturated heterocycles. The van der Waals surface area contributed by atoms with Crippen LogP contribution >= 0.6 is 11.6 Å². The monoisotopic (exact) mass is 461 g/mol. The molecule has 168 valence electrons. The molecule has 0 spiro atoms. The van der Waals surface area contributed by atoms with E-state index in [2.05, 4.69) is 49.5 Å². The maximum Gasteiger partial charge on any atom is 0.257 e. The fourth-order valence-corrected chi connectivity index (χ4v) is 4.06. The van der Waals surface area contributed by atoms with Crippen molar-refractivity contribution in [2.45, 2.75) is 0 Å². The van der Waals surface area contributed by atoms with Crippen LogP contribution in [0.5, 0.6) is 0 Å². The van der Waals surface area contributed by atoms with Crippen LogP contribution in [0.15, 0.2) is 71.9 Å². The van der Waals surface area contributed by atoms with Crippen LogP contribution in [-0.4, -0.2) is 57.9 Å². The van der Waals surface area contributed by atoms with Gasteiger partial charge in [0.05, 0.1) is 11.3 Å². The molecule has 0 radical (unpaired) electrons. The van der Waals surface area contributed by atoms with Crippen molar-refractivity contribution >= 4 is 28.7 Å². The van der Waals surface area contributed by atoms with Crippen molar-refractivity contribution in [1.29, 1.82) is 0 Å². The molecule has 0 atom stereocenters. The number of H-pyrrole nitrogens is 1. The molecule has 3 heterocycles. The first-order chi connectivity index (χ1) is 16.1. The fourth-order valence-electron chi connectivity index (χ4n) is 3.93. The Hall–Kier alpha value is -3.62. The van der Waals surface area contributed by atoms with Crippen LogP contribution in [0.1, 0.15) is 0 Å². The first-order valence-corrected chi connectivity index (χ1v) is 11.1. The summed E-state index contributed by atoms with van der Waals surface area (Å²) < 4.78 is 1.56. The zero-order chi connectivity index (χ0) is 22.8. The standard InChI is InChI=1S/C24H24ClN7O/c1-30-10-12-31(13-11-30)19-8-4-18(5-9-19)28-22-14-23(33)32(20-6-2-17(25)3-7-20)15-21(22)24-26-16-27-29-24/h2-9,14-16,28H,10-13H2,1H3,(H,26,27,29). The van der Waals surface area contributed by atoms with Gasteiger partial charge in [-0.15, -0.1) is 0 Å². The number of aromatic nitrogens is 4. The van der Waals surface area contributed by atoms with Gasteiger partial charge in [0.25, 0.3) is 5.56 Å². The number of anilines is 3. The summed E-state index contributed by atoms with van der Waals surface area (Å²) in [6.45, 7) is 4.15. The molecule has 0 bridgehead atoms. The SMILES string of the molecule is CN1CCN(c2ccc(Nc3cc(=O)n(-c4ccc(Cl)cc4)cc3-c3nc[nH]n3)cc2)CC1. The van der Waals surface area contributed by atoms with E-state index in [0.29, 0.717) is 27.8 Å². The van der Waals surface area contributed by atoms with E-state index in [1.54, 1.807) is 41.1 Å². The second-order valence-electron chi connectivity index (χ2n) is 8.07. The average Bonchev–Trinajstić information content (AvgIpc) is 3.36. The zero-order valence-electron chi connectivity index (χ0n) is 18.2. The van der Waals surface area contributed by atoms with E-state index in [0.717, 1.165) is 31.9 Å². The number of nitrogens with one attached hydrogen (secondary N) is 2. The van der Waals surface area contributed by atoms with Gasteiger partial charge in [-0.1, -0.05) is 11.6 Å². The Morgan fingerprint density at radius 2 is 1.67 bits per heavy atom. The fraction of sp³-hybridized carbons (Fsp3) is 0.208. The molecule has 0 unspecified atom stereocenters. The molecule has 8 nitrogen and oxygen atoms in total. The summed E-state index contributed by atoms with van der Waals surface area (Å²) in [6, 6.07) is 16.9. The lowest BCUT2D eigenvalue weighted by molar-refractivity contribution is 0.313. The van der Waals surface area contributed by atoms with Crippen LogP contribution < -0.4 is 15.8 Å². The van der Waals surface area contributed by atoms with E-state index in [-0.39, 0.29) is 5.56 Å². The second kappa shape index (κ2) is 9.09. The van der Waals surface area contributed by atoms with Crippen LogP contribution in [0.2, 0.25) is 5.02 Å². The lowest BCUT2D eigenvalue weighted by atomic mass is 10.2. The number of nitrogens with zero attached hydrogens (tertiary/aromatic N) is 5. The van der Waals surface area contributed by atoms with Crippen molar-refractivity contribution in [2.75, 3.05) is 43.4 Å². The number of piperazine rings is 1. The maximum absolute atomic E-state index is 13.0. The summed E-state index contributed by atoms with van der Waals surface area (Å²) in [5.41, 5.74) is 3.96. The third-order valence-corrected chi connectivity index (χ3v) is 6.08. The minimum atomic E-state index is -0.173. The van der Waals surface area contributed by atoms with E-state index in [1.165, 1.54) is 12.0 Å². The summed E-state index contributed by atoms with van der Waals surface area (Å²) in [7, 11) is 2.15. The van der Waals surface area contributed by atoms with Crippen LogP contribution in [0.3, 0.4) is 0 Å². The lowest BCUT2D eigenvalue weighted by Crippen LogP contribution is -2.44. The average molecular weight is 462 g/mol. The molecule has 2 N–H and O–H groups in total. The summed E-state index contributed by atoms with van der Waals surface area (Å²) >= 11 is 6.01. The Morgan fingerprint density at radius 3 is 2.33 bits per heavy atom. The van der Waals surface area contributed by atoms with Gasteiger partial charge >= 0.3 is 0 Å². The van der Waals surface area contributed by atoms with Crippen LogP contribution in [0.4, 0.5) is 17.1 Å². The summed E-state index contributed by atoms with van der Waals surface area (Å²) in [6.07, 6.45) is 3.26. The van der Waals surface area contributed by atoms with E-state index < -0.39 is 0 Å². The van der Waals surface area contributed by atoms with Gasteiger partial charge in [0.15, 0.2) is 5.82 Å². The Labute approximate surface area is 196 Å². The minimum absolute atomic E-state index is 0.173. The Balaban J connectivity index is 1.46. The van der Waals surface area contributed by atoms with Crippen molar-refractivity contribution in [2.24, 2.45) is 0 Å². The van der Waals surface area contributed by atoms with Gasteiger partial charge in [0.1, 0.15) is 6.33 Å². The van der Waals surface area contributed by atoms with Crippen LogP contribution in [0, 0.1) is 0 Å². The highest BCUT2D eigenvalue weighted by atomic mass is 35.5. The van der Waals surface area contributed by atoms with Crippen molar-refractivity contribution in [1.82, 2.24) is 24.6 Å². The number of aromatic amines is 1. The number of hydrogen-bond acceptors (Lipinski definition) is 6. The van der Waals surface area contributed by atoms with Gasteiger partial charge in [-0.3, -0.25) is 14.5 Å².